The maximum absolute atomic E-state index is 3.72. The van der Waals surface area contributed by atoms with Crippen molar-refractivity contribution in [2.45, 2.75) is 26.7 Å². The molecule has 0 nitrogen and oxygen atoms in total. The van der Waals surface area contributed by atoms with Gasteiger partial charge in [-0.05, 0) is 18.8 Å². The molecule has 1 unspecified atom stereocenters. The van der Waals surface area contributed by atoms with E-state index in [-0.39, 0.29) is 0 Å². The van der Waals surface area contributed by atoms with Crippen molar-refractivity contribution in [1.29, 1.82) is 0 Å². The fraction of sp³-hybridized carbons (Fsp3) is 0.625. The molecular weight excluding hydrogens is 96.1 g/mol. The second-order valence-electron chi connectivity index (χ2n) is 2.02. The van der Waals surface area contributed by atoms with E-state index in [1.807, 2.05) is 6.08 Å². The summed E-state index contributed by atoms with van der Waals surface area (Å²) in [4.78, 5) is 0. The summed E-state index contributed by atoms with van der Waals surface area (Å²) in [6, 6.07) is 0. The molecule has 0 aliphatic carbocycles. The van der Waals surface area contributed by atoms with Gasteiger partial charge in [-0.25, -0.2) is 0 Å². The first-order valence-corrected chi connectivity index (χ1v) is 3.27. The fourth-order valence-electron chi connectivity index (χ4n) is 0.754. The van der Waals surface area contributed by atoms with E-state index in [4.69, 9.17) is 0 Å². The number of rotatable bonds is 4. The second kappa shape index (κ2) is 4.89. The maximum atomic E-state index is 3.72. The minimum absolute atomic E-state index is 0.639. The lowest BCUT2D eigenvalue weighted by Crippen LogP contribution is -1.91. The summed E-state index contributed by atoms with van der Waals surface area (Å²) in [6.07, 6.45) is 6.70. The Balaban J connectivity index is 3.21. The molecule has 0 aromatic carbocycles. The van der Waals surface area contributed by atoms with E-state index >= 15 is 0 Å². The van der Waals surface area contributed by atoms with Gasteiger partial charge in [-0.1, -0.05) is 26.3 Å². The van der Waals surface area contributed by atoms with Crippen LogP contribution in [0.5, 0.6) is 0 Å². The van der Waals surface area contributed by atoms with Crippen LogP contribution in [-0.4, -0.2) is 0 Å². The summed E-state index contributed by atoms with van der Waals surface area (Å²) in [6.45, 7) is 8.00. The largest absolute Gasteiger partial charge is 0.103 e. The van der Waals surface area contributed by atoms with Gasteiger partial charge >= 0.3 is 0 Å². The summed E-state index contributed by atoms with van der Waals surface area (Å²) < 4.78 is 0. The van der Waals surface area contributed by atoms with Crippen LogP contribution in [0.25, 0.3) is 0 Å². The van der Waals surface area contributed by atoms with Crippen molar-refractivity contribution in [2.75, 3.05) is 0 Å². The molecule has 47 valence electrons. The van der Waals surface area contributed by atoms with Crippen LogP contribution < -0.4 is 0 Å². The molecule has 0 saturated heterocycles. The van der Waals surface area contributed by atoms with Crippen molar-refractivity contribution in [1.82, 2.24) is 0 Å². The normalized spacial score (nSPS) is 13.2. The molecule has 0 bridgehead atoms. The zero-order valence-corrected chi connectivity index (χ0v) is 5.85. The van der Waals surface area contributed by atoms with E-state index in [1.54, 1.807) is 0 Å². The van der Waals surface area contributed by atoms with Crippen molar-refractivity contribution < 1.29 is 0 Å². The van der Waals surface area contributed by atoms with Gasteiger partial charge in [-0.3, -0.25) is 0 Å². The average Bonchev–Trinajstić information content (AvgIpc) is 1.83. The van der Waals surface area contributed by atoms with Crippen LogP contribution in [0.2, 0.25) is 0 Å². The topological polar surface area (TPSA) is 0 Å². The third-order valence-corrected chi connectivity index (χ3v) is 1.35. The van der Waals surface area contributed by atoms with Gasteiger partial charge in [0, 0.05) is 0 Å². The molecule has 0 heteroatoms. The summed E-state index contributed by atoms with van der Waals surface area (Å²) in [7, 11) is 0. The van der Waals surface area contributed by atoms with Crippen LogP contribution >= 0.6 is 0 Å². The number of hydrogen-bond acceptors (Lipinski definition) is 0. The molecule has 0 aliphatic rings. The summed E-state index contributed by atoms with van der Waals surface area (Å²) in [5, 5.41) is 0. The zero-order chi connectivity index (χ0) is 6.41. The molecule has 0 fully saturated rings. The highest BCUT2D eigenvalue weighted by atomic mass is 14.0. The Morgan fingerprint density at radius 1 is 1.62 bits per heavy atom. The first-order chi connectivity index (χ1) is 3.85. The van der Waals surface area contributed by atoms with Gasteiger partial charge < -0.3 is 0 Å². The van der Waals surface area contributed by atoms with Crippen LogP contribution in [0.1, 0.15) is 26.7 Å². The van der Waals surface area contributed by atoms with Crippen LogP contribution in [0.15, 0.2) is 12.7 Å². The lowest BCUT2D eigenvalue weighted by molar-refractivity contribution is 0.654. The Kier molecular flexibility index (Phi) is 4.73. The highest BCUT2D eigenvalue weighted by molar-refractivity contribution is 4.86. The van der Waals surface area contributed by atoms with E-state index < -0.39 is 0 Å². The molecule has 0 spiro atoms. The Morgan fingerprint density at radius 3 is 2.38 bits per heavy atom. The van der Waals surface area contributed by atoms with Crippen LogP contribution in [0.3, 0.4) is 0 Å². The smallest absolute Gasteiger partial charge is 0.0208 e. The van der Waals surface area contributed by atoms with E-state index in [1.165, 1.54) is 12.8 Å². The summed E-state index contributed by atoms with van der Waals surface area (Å²) >= 11 is 0. The Labute approximate surface area is 52.6 Å². The third kappa shape index (κ3) is 2.84. The first-order valence-electron chi connectivity index (χ1n) is 3.27. The van der Waals surface area contributed by atoms with Crippen molar-refractivity contribution in [3.8, 4) is 0 Å². The highest BCUT2D eigenvalue weighted by Gasteiger charge is 1.96. The molecule has 0 amide bonds. The van der Waals surface area contributed by atoms with E-state index in [2.05, 4.69) is 26.8 Å². The van der Waals surface area contributed by atoms with Gasteiger partial charge in [-0.15, -0.1) is 6.58 Å². The minimum atomic E-state index is 0.639. The molecule has 0 aromatic heterocycles. The van der Waals surface area contributed by atoms with Gasteiger partial charge in [0.2, 0.25) is 0 Å². The molecular formula is C8H15. The average molecular weight is 111 g/mol. The van der Waals surface area contributed by atoms with E-state index in [0.717, 1.165) is 0 Å². The van der Waals surface area contributed by atoms with Crippen LogP contribution in [-0.2, 0) is 0 Å². The van der Waals surface area contributed by atoms with Crippen LogP contribution in [0.4, 0.5) is 0 Å². The van der Waals surface area contributed by atoms with Crippen molar-refractivity contribution in [2.24, 2.45) is 5.92 Å². The zero-order valence-electron chi connectivity index (χ0n) is 5.85. The quantitative estimate of drug-likeness (QED) is 0.489. The SMILES string of the molecule is C=CC([CH]C)CCC. The lowest BCUT2D eigenvalue weighted by Gasteiger charge is -2.04. The van der Waals surface area contributed by atoms with Crippen molar-refractivity contribution in [3.05, 3.63) is 19.1 Å². The summed E-state index contributed by atoms with van der Waals surface area (Å²) in [5.74, 6) is 0.639. The Hall–Kier alpha value is -0.260. The molecule has 8 heavy (non-hydrogen) atoms. The van der Waals surface area contributed by atoms with E-state index in [0.29, 0.717) is 5.92 Å². The Bertz CT molecular complexity index is 55.1. The predicted molar refractivity (Wildman–Crippen MR) is 38.6 cm³/mol. The third-order valence-electron chi connectivity index (χ3n) is 1.35. The molecule has 1 atom stereocenters. The Morgan fingerprint density at radius 2 is 2.25 bits per heavy atom. The van der Waals surface area contributed by atoms with Crippen LogP contribution in [0, 0.1) is 12.3 Å². The van der Waals surface area contributed by atoms with Gasteiger partial charge in [0.25, 0.3) is 0 Å². The summed E-state index contributed by atoms with van der Waals surface area (Å²) in [5.41, 5.74) is 0. The first kappa shape index (κ1) is 7.74. The molecule has 0 N–H and O–H groups in total. The second-order valence-corrected chi connectivity index (χ2v) is 2.02. The predicted octanol–water partition coefficient (Wildman–Crippen LogP) is 2.81. The molecule has 0 saturated carbocycles. The van der Waals surface area contributed by atoms with Crippen molar-refractivity contribution >= 4 is 0 Å². The highest BCUT2D eigenvalue weighted by Crippen LogP contribution is 2.09. The fourth-order valence-corrected chi connectivity index (χ4v) is 0.754. The maximum Gasteiger partial charge on any atom is -0.0208 e. The van der Waals surface area contributed by atoms with Gasteiger partial charge in [0.1, 0.15) is 0 Å². The lowest BCUT2D eigenvalue weighted by atomic mass is 10.0. The molecule has 0 aliphatic heterocycles. The van der Waals surface area contributed by atoms with Gasteiger partial charge in [0.05, 0.1) is 0 Å². The van der Waals surface area contributed by atoms with Gasteiger partial charge in [-0.2, -0.15) is 0 Å². The number of allylic oxidation sites excluding steroid dienone is 1. The molecule has 0 rings (SSSR count). The minimum Gasteiger partial charge on any atom is -0.103 e. The van der Waals surface area contributed by atoms with E-state index in [9.17, 15) is 0 Å². The molecule has 0 aromatic rings. The van der Waals surface area contributed by atoms with Gasteiger partial charge in [0.15, 0.2) is 0 Å². The standard InChI is InChI=1S/C8H15/c1-4-7-8(5-2)6-3/h5-6,8H,2,4,7H2,1,3H3. The van der Waals surface area contributed by atoms with Crippen molar-refractivity contribution in [3.63, 3.8) is 0 Å². The monoisotopic (exact) mass is 111 g/mol. The molecule has 1 radical (unpaired) electrons. The molecule has 0 heterocycles. The number of hydrogen-bond donors (Lipinski definition) is 0.